The molecule has 3 heterocycles. The molecule has 1 saturated heterocycles. The van der Waals surface area contributed by atoms with Crippen molar-refractivity contribution in [2.24, 2.45) is 0 Å². The van der Waals surface area contributed by atoms with Crippen LogP contribution in [0.1, 0.15) is 36.1 Å². The van der Waals surface area contributed by atoms with Crippen molar-refractivity contribution >= 4 is 32.9 Å². The molecule has 1 aliphatic heterocycles. The second-order valence-corrected chi connectivity index (χ2v) is 10.7. The molecule has 0 saturated carbocycles. The van der Waals surface area contributed by atoms with E-state index in [1.165, 1.54) is 11.8 Å². The number of benzene rings is 1. The summed E-state index contributed by atoms with van der Waals surface area (Å²) in [7, 11) is -3.25. The van der Waals surface area contributed by atoms with Gasteiger partial charge < -0.3 is 10.6 Å². The predicted octanol–water partition coefficient (Wildman–Crippen LogP) is 2.97. The monoisotopic (exact) mass is 445 g/mol. The van der Waals surface area contributed by atoms with E-state index in [9.17, 15) is 8.42 Å². The van der Waals surface area contributed by atoms with Crippen molar-refractivity contribution in [3.8, 4) is 0 Å². The Kier molecular flexibility index (Phi) is 4.76. The van der Waals surface area contributed by atoms with Gasteiger partial charge in [-0.25, -0.2) is 13.4 Å². The number of nitrogens with zero attached hydrogens (tertiary/aromatic N) is 3. The van der Waals surface area contributed by atoms with Gasteiger partial charge in [0.2, 0.25) is 0 Å². The van der Waals surface area contributed by atoms with Gasteiger partial charge >= 0.3 is 0 Å². The second kappa shape index (κ2) is 7.21. The summed E-state index contributed by atoms with van der Waals surface area (Å²) < 4.78 is 25.6. The molecule has 1 aromatic carbocycles. The van der Waals surface area contributed by atoms with E-state index in [4.69, 9.17) is 16.6 Å². The Morgan fingerprint density at radius 2 is 2.07 bits per heavy atom. The number of rotatable bonds is 4. The zero-order valence-electron chi connectivity index (χ0n) is 16.8. The minimum atomic E-state index is -3.25. The number of fused-ring (bicyclic) bond motifs is 3. The third kappa shape index (κ3) is 3.27. The minimum absolute atomic E-state index is 0.0998. The van der Waals surface area contributed by atoms with Gasteiger partial charge in [0.25, 0.3) is 0 Å². The van der Waals surface area contributed by atoms with Gasteiger partial charge in [-0.2, -0.15) is 9.61 Å². The van der Waals surface area contributed by atoms with Crippen molar-refractivity contribution in [1.29, 1.82) is 0 Å². The van der Waals surface area contributed by atoms with Gasteiger partial charge in [0.05, 0.1) is 16.8 Å². The summed E-state index contributed by atoms with van der Waals surface area (Å²) in [4.78, 5) is 5.30. The Morgan fingerprint density at radius 3 is 2.83 bits per heavy atom. The first kappa shape index (κ1) is 19.8. The summed E-state index contributed by atoms with van der Waals surface area (Å²) in [5.74, 6) is 0.905. The maximum atomic E-state index is 11.9. The molecule has 2 aliphatic rings. The van der Waals surface area contributed by atoms with Crippen LogP contribution in [-0.2, 0) is 28.2 Å². The lowest BCUT2D eigenvalue weighted by Crippen LogP contribution is -2.39. The SMILES string of the molecule is CS(=O)(=O)c1cccc(CNc2c3c(nc4c(Cl)cnn24)C2(CCNCC2)CC3)c1. The van der Waals surface area contributed by atoms with Gasteiger partial charge in [-0.1, -0.05) is 23.7 Å². The molecule has 0 bridgehead atoms. The highest BCUT2D eigenvalue weighted by molar-refractivity contribution is 7.90. The minimum Gasteiger partial charge on any atom is -0.366 e. The number of halogens is 1. The fourth-order valence-electron chi connectivity index (χ4n) is 4.80. The molecule has 5 rings (SSSR count). The van der Waals surface area contributed by atoms with E-state index in [0.717, 1.165) is 55.8 Å². The second-order valence-electron chi connectivity index (χ2n) is 8.32. The molecule has 30 heavy (non-hydrogen) atoms. The average molecular weight is 446 g/mol. The first-order valence-corrected chi connectivity index (χ1v) is 12.4. The molecule has 9 heteroatoms. The third-order valence-electron chi connectivity index (χ3n) is 6.41. The molecule has 2 N–H and O–H groups in total. The van der Waals surface area contributed by atoms with Gasteiger partial charge in [-0.15, -0.1) is 0 Å². The number of anilines is 1. The lowest BCUT2D eigenvalue weighted by molar-refractivity contribution is 0.301. The highest BCUT2D eigenvalue weighted by Crippen LogP contribution is 2.46. The summed E-state index contributed by atoms with van der Waals surface area (Å²) in [5.41, 5.74) is 4.00. The molecule has 158 valence electrons. The van der Waals surface area contributed by atoms with Crippen molar-refractivity contribution in [2.75, 3.05) is 24.7 Å². The Labute approximate surface area is 180 Å². The van der Waals surface area contributed by atoms with Crippen LogP contribution in [0.4, 0.5) is 5.82 Å². The molecule has 1 fully saturated rings. The quantitative estimate of drug-likeness (QED) is 0.641. The smallest absolute Gasteiger partial charge is 0.176 e. The molecule has 1 aliphatic carbocycles. The van der Waals surface area contributed by atoms with E-state index < -0.39 is 9.84 Å². The van der Waals surface area contributed by atoms with Crippen LogP contribution in [0.3, 0.4) is 0 Å². The number of sulfone groups is 1. The van der Waals surface area contributed by atoms with E-state index >= 15 is 0 Å². The summed E-state index contributed by atoms with van der Waals surface area (Å²) in [5, 5.41) is 12.0. The summed E-state index contributed by atoms with van der Waals surface area (Å²) in [6.07, 6.45) is 7.03. The van der Waals surface area contributed by atoms with E-state index in [1.807, 2.05) is 6.07 Å². The number of hydrogen-bond donors (Lipinski definition) is 2. The maximum absolute atomic E-state index is 11.9. The molecular formula is C21H24ClN5O2S. The Hall–Kier alpha value is -2.16. The molecule has 0 radical (unpaired) electrons. The summed E-state index contributed by atoms with van der Waals surface area (Å²) >= 11 is 6.41. The number of aromatic nitrogens is 3. The van der Waals surface area contributed by atoms with E-state index in [0.29, 0.717) is 22.1 Å². The maximum Gasteiger partial charge on any atom is 0.176 e. The van der Waals surface area contributed by atoms with Crippen LogP contribution < -0.4 is 10.6 Å². The number of hydrogen-bond acceptors (Lipinski definition) is 6. The topological polar surface area (TPSA) is 88.4 Å². The van der Waals surface area contributed by atoms with Crippen LogP contribution >= 0.6 is 11.6 Å². The standard InChI is InChI=1S/C21H24ClN5O2S/c1-30(28,29)15-4-2-3-14(11-15)12-24-19-16-5-6-21(7-9-23-10-8-21)18(16)26-20-17(22)13-25-27(19)20/h2-4,11,13,23-24H,5-10,12H2,1H3. The normalized spacial score (nSPS) is 18.1. The van der Waals surface area contributed by atoms with Crippen molar-refractivity contribution in [3.05, 3.63) is 52.3 Å². The van der Waals surface area contributed by atoms with E-state index in [-0.39, 0.29) is 5.41 Å². The van der Waals surface area contributed by atoms with Crippen molar-refractivity contribution < 1.29 is 8.42 Å². The lowest BCUT2D eigenvalue weighted by atomic mass is 9.77. The highest BCUT2D eigenvalue weighted by atomic mass is 35.5. The molecule has 1 spiro atoms. The van der Waals surface area contributed by atoms with Crippen LogP contribution in [0.15, 0.2) is 35.4 Å². The zero-order chi connectivity index (χ0) is 20.9. The first-order chi connectivity index (χ1) is 14.4. The van der Waals surface area contributed by atoms with E-state index in [2.05, 4.69) is 15.7 Å². The van der Waals surface area contributed by atoms with Crippen LogP contribution in [-0.4, -0.2) is 42.4 Å². The van der Waals surface area contributed by atoms with Gasteiger partial charge in [-0.05, 0) is 56.5 Å². The molecule has 0 amide bonds. The Balaban J connectivity index is 1.55. The van der Waals surface area contributed by atoms with Crippen LogP contribution in [0, 0.1) is 0 Å². The van der Waals surface area contributed by atoms with E-state index in [1.54, 1.807) is 28.9 Å². The zero-order valence-corrected chi connectivity index (χ0v) is 18.4. The molecule has 0 atom stereocenters. The van der Waals surface area contributed by atoms with Gasteiger partial charge in [0.15, 0.2) is 15.5 Å². The molecular weight excluding hydrogens is 422 g/mol. The van der Waals surface area contributed by atoms with Crippen LogP contribution in [0.2, 0.25) is 5.02 Å². The van der Waals surface area contributed by atoms with Gasteiger partial charge in [-0.3, -0.25) is 0 Å². The fraction of sp³-hybridized carbons (Fsp3) is 0.429. The summed E-state index contributed by atoms with van der Waals surface area (Å²) in [6.45, 7) is 2.49. The highest BCUT2D eigenvalue weighted by Gasteiger charge is 2.43. The molecule has 2 aromatic heterocycles. The number of piperidine rings is 1. The predicted molar refractivity (Wildman–Crippen MR) is 117 cm³/mol. The van der Waals surface area contributed by atoms with Gasteiger partial charge in [0, 0.05) is 23.8 Å². The van der Waals surface area contributed by atoms with Crippen LogP contribution in [0.5, 0.6) is 0 Å². The van der Waals surface area contributed by atoms with Crippen molar-refractivity contribution in [2.45, 2.75) is 42.5 Å². The molecule has 0 unspecified atom stereocenters. The molecule has 3 aromatic rings. The van der Waals surface area contributed by atoms with Crippen LogP contribution in [0.25, 0.3) is 5.65 Å². The molecule has 7 nitrogen and oxygen atoms in total. The largest absolute Gasteiger partial charge is 0.366 e. The third-order valence-corrected chi connectivity index (χ3v) is 7.78. The average Bonchev–Trinajstić information content (AvgIpc) is 3.27. The Bertz CT molecular complexity index is 1230. The van der Waals surface area contributed by atoms with Crippen molar-refractivity contribution in [3.63, 3.8) is 0 Å². The first-order valence-electron chi connectivity index (χ1n) is 10.2. The summed E-state index contributed by atoms with van der Waals surface area (Å²) in [6, 6.07) is 7.03. The van der Waals surface area contributed by atoms with Gasteiger partial charge in [0.1, 0.15) is 10.8 Å². The Morgan fingerprint density at radius 1 is 1.27 bits per heavy atom. The van der Waals surface area contributed by atoms with Crippen molar-refractivity contribution in [1.82, 2.24) is 19.9 Å². The number of nitrogens with one attached hydrogen (secondary N) is 2. The fourth-order valence-corrected chi connectivity index (χ4v) is 5.66. The lowest BCUT2D eigenvalue weighted by Gasteiger charge is -2.34.